The van der Waals surface area contributed by atoms with Crippen molar-refractivity contribution in [3.8, 4) is 11.1 Å². The molecule has 1 saturated heterocycles. The van der Waals surface area contributed by atoms with Gasteiger partial charge in [0, 0.05) is 12.6 Å². The highest BCUT2D eigenvalue weighted by atomic mass is 32.2. The van der Waals surface area contributed by atoms with Crippen molar-refractivity contribution in [3.63, 3.8) is 0 Å². The summed E-state index contributed by atoms with van der Waals surface area (Å²) in [5.41, 5.74) is 3.26. The van der Waals surface area contributed by atoms with Gasteiger partial charge in [-0.2, -0.15) is 0 Å². The monoisotopic (exact) mass is 416 g/mol. The summed E-state index contributed by atoms with van der Waals surface area (Å²) in [6.07, 6.45) is 2.73. The molecule has 2 aromatic carbocycles. The van der Waals surface area contributed by atoms with Gasteiger partial charge in [-0.15, -0.1) is 0 Å². The van der Waals surface area contributed by atoms with Crippen molar-refractivity contribution in [3.05, 3.63) is 60.2 Å². The zero-order chi connectivity index (χ0) is 20.9. The van der Waals surface area contributed by atoms with Gasteiger partial charge in [0.05, 0.1) is 18.9 Å². The number of hydrogen-bond acceptors (Lipinski definition) is 4. The largest absolute Gasteiger partial charge is 0.450 e. The van der Waals surface area contributed by atoms with E-state index in [0.29, 0.717) is 19.4 Å². The van der Waals surface area contributed by atoms with E-state index in [9.17, 15) is 13.2 Å². The molecule has 1 heterocycles. The molecule has 2 aromatic rings. The van der Waals surface area contributed by atoms with Gasteiger partial charge in [-0.25, -0.2) is 17.9 Å². The molecule has 0 radical (unpaired) electrons. The topological polar surface area (TPSA) is 75.7 Å². The van der Waals surface area contributed by atoms with Crippen LogP contribution in [-0.4, -0.2) is 50.9 Å². The molecule has 7 heteroatoms. The van der Waals surface area contributed by atoms with Gasteiger partial charge < -0.3 is 9.64 Å². The summed E-state index contributed by atoms with van der Waals surface area (Å²) < 4.78 is 31.7. The minimum absolute atomic E-state index is 0.287. The number of benzene rings is 2. The summed E-state index contributed by atoms with van der Waals surface area (Å²) in [6.45, 7) is 2.62. The summed E-state index contributed by atoms with van der Waals surface area (Å²) >= 11 is 0. The molecule has 6 nitrogen and oxygen atoms in total. The minimum Gasteiger partial charge on any atom is -0.450 e. The van der Waals surface area contributed by atoms with Crippen LogP contribution in [0.5, 0.6) is 0 Å². The molecule has 0 spiro atoms. The van der Waals surface area contributed by atoms with Gasteiger partial charge in [0.2, 0.25) is 10.0 Å². The fourth-order valence-electron chi connectivity index (χ4n) is 3.90. The molecule has 1 aliphatic rings. The van der Waals surface area contributed by atoms with E-state index in [1.165, 1.54) is 0 Å². The number of ether oxygens (including phenoxy) is 1. The van der Waals surface area contributed by atoms with Crippen molar-refractivity contribution in [2.24, 2.45) is 0 Å². The molecule has 2 unspecified atom stereocenters. The Morgan fingerprint density at radius 3 is 2.55 bits per heavy atom. The summed E-state index contributed by atoms with van der Waals surface area (Å²) in [4.78, 5) is 14.2. The Hall–Kier alpha value is -2.38. The molecule has 0 bridgehead atoms. The lowest BCUT2D eigenvalue weighted by Crippen LogP contribution is -2.57. The maximum atomic E-state index is 12.5. The smallest absolute Gasteiger partial charge is 0.410 e. The molecule has 1 fully saturated rings. The molecule has 2 atom stereocenters. The maximum Gasteiger partial charge on any atom is 0.410 e. The summed E-state index contributed by atoms with van der Waals surface area (Å²) in [5, 5.41) is 0. The SMILES string of the molecule is CCOC(=O)N1CCCC(NS(C)(=O)=O)C1Cc1cccc(-c2ccccc2)c1. The van der Waals surface area contributed by atoms with E-state index in [0.717, 1.165) is 29.4 Å². The van der Waals surface area contributed by atoms with E-state index in [-0.39, 0.29) is 18.7 Å². The fourth-order valence-corrected chi connectivity index (χ4v) is 4.73. The van der Waals surface area contributed by atoms with E-state index >= 15 is 0 Å². The Kier molecular flexibility index (Phi) is 6.92. The van der Waals surface area contributed by atoms with Crippen LogP contribution in [-0.2, 0) is 21.2 Å². The number of rotatable bonds is 6. The van der Waals surface area contributed by atoms with Crippen LogP contribution < -0.4 is 4.72 Å². The second kappa shape index (κ2) is 9.41. The lowest BCUT2D eigenvalue weighted by Gasteiger charge is -2.40. The van der Waals surface area contributed by atoms with Crippen molar-refractivity contribution in [2.75, 3.05) is 19.4 Å². The van der Waals surface area contributed by atoms with Gasteiger partial charge in [-0.3, -0.25) is 0 Å². The van der Waals surface area contributed by atoms with Crippen LogP contribution in [0.25, 0.3) is 11.1 Å². The van der Waals surface area contributed by atoms with Crippen LogP contribution >= 0.6 is 0 Å². The molecule has 1 aliphatic heterocycles. The Labute approximate surface area is 172 Å². The number of sulfonamides is 1. The number of nitrogens with zero attached hydrogens (tertiary/aromatic N) is 1. The number of likely N-dealkylation sites (tertiary alicyclic amines) is 1. The summed E-state index contributed by atoms with van der Waals surface area (Å²) in [7, 11) is -3.39. The average molecular weight is 417 g/mol. The third-order valence-electron chi connectivity index (χ3n) is 5.13. The van der Waals surface area contributed by atoms with E-state index in [1.807, 2.05) is 30.3 Å². The predicted octanol–water partition coefficient (Wildman–Crippen LogP) is 3.43. The molecule has 0 aromatic heterocycles. The quantitative estimate of drug-likeness (QED) is 0.783. The van der Waals surface area contributed by atoms with Gasteiger partial charge in [0.25, 0.3) is 0 Å². The second-order valence-corrected chi connectivity index (χ2v) is 9.15. The molecule has 1 N–H and O–H groups in total. The molecular weight excluding hydrogens is 388 g/mol. The third-order valence-corrected chi connectivity index (χ3v) is 5.86. The van der Waals surface area contributed by atoms with Crippen LogP contribution in [0, 0.1) is 0 Å². The number of piperidine rings is 1. The Morgan fingerprint density at radius 1 is 1.14 bits per heavy atom. The normalized spacial score (nSPS) is 19.7. The Morgan fingerprint density at radius 2 is 1.86 bits per heavy atom. The zero-order valence-corrected chi connectivity index (χ0v) is 17.7. The molecule has 0 saturated carbocycles. The average Bonchev–Trinajstić information content (AvgIpc) is 2.69. The summed E-state index contributed by atoms with van der Waals surface area (Å²) in [6, 6.07) is 17.6. The Balaban J connectivity index is 1.89. The molecule has 1 amide bonds. The van der Waals surface area contributed by atoms with Crippen LogP contribution in [0.15, 0.2) is 54.6 Å². The maximum absolute atomic E-state index is 12.5. The standard InChI is InChI=1S/C22H28N2O4S/c1-3-28-22(25)24-14-8-13-20(23-29(2,26)27)21(24)16-17-9-7-12-19(15-17)18-10-5-4-6-11-18/h4-7,9-12,15,20-21,23H,3,8,13-14,16H2,1-2H3. The van der Waals surface area contributed by atoms with Crippen molar-refractivity contribution < 1.29 is 17.9 Å². The number of carbonyl (C=O) groups is 1. The van der Waals surface area contributed by atoms with Gasteiger partial charge in [-0.1, -0.05) is 54.6 Å². The molecule has 29 heavy (non-hydrogen) atoms. The van der Waals surface area contributed by atoms with Crippen LogP contribution in [0.2, 0.25) is 0 Å². The number of nitrogens with one attached hydrogen (secondary N) is 1. The van der Waals surface area contributed by atoms with Gasteiger partial charge in [0.1, 0.15) is 0 Å². The first-order valence-corrected chi connectivity index (χ1v) is 11.8. The molecule has 0 aliphatic carbocycles. The zero-order valence-electron chi connectivity index (χ0n) is 16.9. The summed E-state index contributed by atoms with van der Waals surface area (Å²) in [5.74, 6) is 0. The first-order chi connectivity index (χ1) is 13.9. The van der Waals surface area contributed by atoms with Crippen molar-refractivity contribution >= 4 is 16.1 Å². The van der Waals surface area contributed by atoms with Gasteiger partial charge in [0.15, 0.2) is 0 Å². The van der Waals surface area contributed by atoms with Crippen LogP contribution in [0.3, 0.4) is 0 Å². The van der Waals surface area contributed by atoms with Gasteiger partial charge >= 0.3 is 6.09 Å². The number of carbonyl (C=O) groups excluding carboxylic acids is 1. The first kappa shape index (κ1) is 21.3. The van der Waals surface area contributed by atoms with Crippen LogP contribution in [0.1, 0.15) is 25.3 Å². The highest BCUT2D eigenvalue weighted by Gasteiger charge is 2.36. The predicted molar refractivity (Wildman–Crippen MR) is 114 cm³/mol. The third kappa shape index (κ3) is 5.81. The number of amides is 1. The van der Waals surface area contributed by atoms with E-state index in [4.69, 9.17) is 4.74 Å². The van der Waals surface area contributed by atoms with E-state index in [1.54, 1.807) is 11.8 Å². The van der Waals surface area contributed by atoms with Crippen molar-refractivity contribution in [1.82, 2.24) is 9.62 Å². The lowest BCUT2D eigenvalue weighted by molar-refractivity contribution is 0.0678. The van der Waals surface area contributed by atoms with Crippen LogP contribution in [0.4, 0.5) is 4.79 Å². The highest BCUT2D eigenvalue weighted by Crippen LogP contribution is 2.26. The minimum atomic E-state index is -3.39. The molecular formula is C22H28N2O4S. The fraction of sp³-hybridized carbons (Fsp3) is 0.409. The first-order valence-electron chi connectivity index (χ1n) is 9.92. The molecule has 3 rings (SSSR count). The second-order valence-electron chi connectivity index (χ2n) is 7.37. The number of hydrogen-bond donors (Lipinski definition) is 1. The van der Waals surface area contributed by atoms with Crippen molar-refractivity contribution in [1.29, 1.82) is 0 Å². The van der Waals surface area contributed by atoms with Gasteiger partial charge in [-0.05, 0) is 42.9 Å². The molecule has 156 valence electrons. The van der Waals surface area contributed by atoms with Crippen molar-refractivity contribution in [2.45, 2.75) is 38.3 Å². The van der Waals surface area contributed by atoms with E-state index < -0.39 is 16.1 Å². The Bertz CT molecular complexity index is 931. The highest BCUT2D eigenvalue weighted by molar-refractivity contribution is 7.88. The van der Waals surface area contributed by atoms with E-state index in [2.05, 4.69) is 29.0 Å². The lowest BCUT2D eigenvalue weighted by atomic mass is 9.90.